The molecule has 3 N–H and O–H groups in total. The molecule has 1 aliphatic rings. The normalized spacial score (nSPS) is 20.2. The maximum absolute atomic E-state index is 10.00. The maximum atomic E-state index is 10.00. The highest BCUT2D eigenvalue weighted by molar-refractivity contribution is 7.98. The number of aliphatic hydroxyl groups is 1. The lowest BCUT2D eigenvalue weighted by Gasteiger charge is -2.45. The standard InChI is InChI=1S/C12H17NO2S/c1-16-10-4-2-9(3-5-10)12(7-15-8-12)11(14)6-13/h2-5,11,14H,6-8,13H2,1H3. The zero-order chi connectivity index (χ0) is 11.6. The van der Waals surface area contributed by atoms with Crippen molar-refractivity contribution in [3.8, 4) is 0 Å². The van der Waals surface area contributed by atoms with Gasteiger partial charge in [-0.1, -0.05) is 12.1 Å². The van der Waals surface area contributed by atoms with E-state index in [0.29, 0.717) is 13.2 Å². The van der Waals surface area contributed by atoms with Crippen LogP contribution in [-0.2, 0) is 10.2 Å². The largest absolute Gasteiger partial charge is 0.391 e. The fraction of sp³-hybridized carbons (Fsp3) is 0.500. The van der Waals surface area contributed by atoms with Crippen molar-refractivity contribution in [3.05, 3.63) is 29.8 Å². The predicted molar refractivity (Wildman–Crippen MR) is 65.8 cm³/mol. The maximum Gasteiger partial charge on any atom is 0.0803 e. The third-order valence-electron chi connectivity index (χ3n) is 3.25. The molecule has 0 aliphatic carbocycles. The molecule has 2 rings (SSSR count). The van der Waals surface area contributed by atoms with E-state index >= 15 is 0 Å². The van der Waals surface area contributed by atoms with Gasteiger partial charge in [0.25, 0.3) is 0 Å². The number of hydrogen-bond acceptors (Lipinski definition) is 4. The third-order valence-corrected chi connectivity index (χ3v) is 3.99. The van der Waals surface area contributed by atoms with E-state index in [-0.39, 0.29) is 12.0 Å². The molecule has 88 valence electrons. The minimum atomic E-state index is -0.527. The molecule has 1 atom stereocenters. The van der Waals surface area contributed by atoms with Crippen LogP contribution in [0.5, 0.6) is 0 Å². The van der Waals surface area contributed by atoms with Gasteiger partial charge in [-0.15, -0.1) is 11.8 Å². The zero-order valence-corrected chi connectivity index (χ0v) is 10.2. The fourth-order valence-corrected chi connectivity index (χ4v) is 2.43. The van der Waals surface area contributed by atoms with Gasteiger partial charge in [-0.2, -0.15) is 0 Å². The molecule has 1 unspecified atom stereocenters. The first kappa shape index (κ1) is 11.9. The van der Waals surface area contributed by atoms with Crippen LogP contribution in [0.25, 0.3) is 0 Å². The predicted octanol–water partition coefficient (Wildman–Crippen LogP) is 0.996. The van der Waals surface area contributed by atoms with Crippen molar-refractivity contribution >= 4 is 11.8 Å². The summed E-state index contributed by atoms with van der Waals surface area (Å²) in [5.41, 5.74) is 6.39. The van der Waals surface area contributed by atoms with Crippen LogP contribution in [0.15, 0.2) is 29.2 Å². The van der Waals surface area contributed by atoms with Gasteiger partial charge in [0.15, 0.2) is 0 Å². The van der Waals surface area contributed by atoms with Crippen molar-refractivity contribution < 1.29 is 9.84 Å². The van der Waals surface area contributed by atoms with Gasteiger partial charge in [0, 0.05) is 11.4 Å². The van der Waals surface area contributed by atoms with Gasteiger partial charge in [0.2, 0.25) is 0 Å². The average molecular weight is 239 g/mol. The van der Waals surface area contributed by atoms with Crippen molar-refractivity contribution in [2.45, 2.75) is 16.4 Å². The third kappa shape index (κ3) is 1.86. The average Bonchev–Trinajstić information content (AvgIpc) is 2.28. The molecule has 16 heavy (non-hydrogen) atoms. The molecule has 4 heteroatoms. The Morgan fingerprint density at radius 1 is 1.44 bits per heavy atom. The van der Waals surface area contributed by atoms with Crippen molar-refractivity contribution in [1.29, 1.82) is 0 Å². The number of ether oxygens (including phenoxy) is 1. The molecule has 0 saturated carbocycles. The molecular weight excluding hydrogens is 222 g/mol. The van der Waals surface area contributed by atoms with Gasteiger partial charge >= 0.3 is 0 Å². The van der Waals surface area contributed by atoms with Crippen LogP contribution in [0.1, 0.15) is 5.56 Å². The second kappa shape index (κ2) is 4.75. The monoisotopic (exact) mass is 239 g/mol. The van der Waals surface area contributed by atoms with Gasteiger partial charge in [-0.3, -0.25) is 0 Å². The highest BCUT2D eigenvalue weighted by atomic mass is 32.2. The first-order chi connectivity index (χ1) is 7.73. The molecule has 1 fully saturated rings. The molecule has 0 bridgehead atoms. The smallest absolute Gasteiger partial charge is 0.0803 e. The Morgan fingerprint density at radius 3 is 2.44 bits per heavy atom. The lowest BCUT2D eigenvalue weighted by molar-refractivity contribution is -0.116. The number of benzene rings is 1. The number of hydrogen-bond donors (Lipinski definition) is 2. The summed E-state index contributed by atoms with van der Waals surface area (Å²) in [5.74, 6) is 0. The summed E-state index contributed by atoms with van der Waals surface area (Å²) in [6, 6.07) is 8.27. The summed E-state index contributed by atoms with van der Waals surface area (Å²) in [6.45, 7) is 1.39. The second-order valence-corrected chi connectivity index (χ2v) is 5.01. The second-order valence-electron chi connectivity index (χ2n) is 4.13. The van der Waals surface area contributed by atoms with Gasteiger partial charge < -0.3 is 15.6 Å². The number of rotatable bonds is 4. The number of nitrogens with two attached hydrogens (primary N) is 1. The highest BCUT2D eigenvalue weighted by Gasteiger charge is 2.45. The van der Waals surface area contributed by atoms with Crippen LogP contribution in [0.3, 0.4) is 0 Å². The molecular formula is C12H17NO2S. The molecule has 1 aromatic rings. The van der Waals surface area contributed by atoms with E-state index in [2.05, 4.69) is 24.3 Å². The van der Waals surface area contributed by atoms with E-state index in [1.54, 1.807) is 11.8 Å². The van der Waals surface area contributed by atoms with Crippen LogP contribution >= 0.6 is 11.8 Å². The first-order valence-electron chi connectivity index (χ1n) is 5.33. The van der Waals surface area contributed by atoms with E-state index in [1.807, 2.05) is 6.26 Å². The molecule has 0 amide bonds. The van der Waals surface area contributed by atoms with E-state index in [0.717, 1.165) is 5.56 Å². The Labute approximate surface area is 100.0 Å². The molecule has 1 aromatic carbocycles. The van der Waals surface area contributed by atoms with E-state index in [1.165, 1.54) is 4.90 Å². The fourth-order valence-electron chi connectivity index (χ4n) is 2.02. The quantitative estimate of drug-likeness (QED) is 0.770. The molecule has 1 heterocycles. The Hall–Kier alpha value is -0.550. The minimum absolute atomic E-state index is 0.271. The van der Waals surface area contributed by atoms with Crippen LogP contribution in [0.4, 0.5) is 0 Å². The Kier molecular flexibility index (Phi) is 3.54. The number of aliphatic hydroxyl groups excluding tert-OH is 1. The molecule has 1 saturated heterocycles. The lowest BCUT2D eigenvalue weighted by atomic mass is 9.74. The topological polar surface area (TPSA) is 55.5 Å². The summed E-state index contributed by atoms with van der Waals surface area (Å²) in [5, 5.41) is 10.00. The van der Waals surface area contributed by atoms with E-state index in [9.17, 15) is 5.11 Å². The summed E-state index contributed by atoms with van der Waals surface area (Å²) in [6.07, 6.45) is 1.52. The summed E-state index contributed by atoms with van der Waals surface area (Å²) in [4.78, 5) is 1.22. The van der Waals surface area contributed by atoms with Crippen molar-refractivity contribution in [2.75, 3.05) is 26.0 Å². The van der Waals surface area contributed by atoms with Gasteiger partial charge in [0.1, 0.15) is 0 Å². The van der Waals surface area contributed by atoms with Crippen molar-refractivity contribution in [3.63, 3.8) is 0 Å². The molecule has 3 nitrogen and oxygen atoms in total. The molecule has 0 aromatic heterocycles. The van der Waals surface area contributed by atoms with Gasteiger partial charge in [-0.05, 0) is 24.0 Å². The summed E-state index contributed by atoms with van der Waals surface area (Å²) < 4.78 is 5.25. The van der Waals surface area contributed by atoms with Gasteiger partial charge in [-0.25, -0.2) is 0 Å². The van der Waals surface area contributed by atoms with Crippen molar-refractivity contribution in [2.24, 2.45) is 5.73 Å². The van der Waals surface area contributed by atoms with E-state index < -0.39 is 6.10 Å². The first-order valence-corrected chi connectivity index (χ1v) is 6.56. The van der Waals surface area contributed by atoms with Crippen molar-refractivity contribution in [1.82, 2.24) is 0 Å². The van der Waals surface area contributed by atoms with Crippen LogP contribution in [-0.4, -0.2) is 37.2 Å². The summed E-state index contributed by atoms with van der Waals surface area (Å²) in [7, 11) is 0. The SMILES string of the molecule is CSc1ccc(C2(C(O)CN)COC2)cc1. The molecule has 0 radical (unpaired) electrons. The molecule has 1 aliphatic heterocycles. The van der Waals surface area contributed by atoms with Crippen LogP contribution in [0.2, 0.25) is 0 Å². The highest BCUT2D eigenvalue weighted by Crippen LogP contribution is 2.36. The van der Waals surface area contributed by atoms with Gasteiger partial charge in [0.05, 0.1) is 24.7 Å². The summed E-state index contributed by atoms with van der Waals surface area (Å²) >= 11 is 1.71. The number of thioether (sulfide) groups is 1. The Bertz CT molecular complexity index is 349. The molecule has 0 spiro atoms. The Morgan fingerprint density at radius 2 is 2.06 bits per heavy atom. The van der Waals surface area contributed by atoms with E-state index in [4.69, 9.17) is 10.5 Å². The van der Waals surface area contributed by atoms with Crippen LogP contribution < -0.4 is 5.73 Å². The van der Waals surface area contributed by atoms with Crippen LogP contribution in [0, 0.1) is 0 Å². The Balaban J connectivity index is 2.26. The minimum Gasteiger partial charge on any atom is -0.391 e. The zero-order valence-electron chi connectivity index (χ0n) is 9.35. The lowest BCUT2D eigenvalue weighted by Crippen LogP contribution is -2.57.